The smallest absolute Gasteiger partial charge is 0.0391 e. The van der Waals surface area contributed by atoms with E-state index in [2.05, 4.69) is 34.6 Å². The minimum atomic E-state index is 0.866. The molecule has 0 saturated heterocycles. The van der Waals surface area contributed by atoms with E-state index >= 15 is 0 Å². The summed E-state index contributed by atoms with van der Waals surface area (Å²) in [6.07, 6.45) is 8.46. The molecule has 0 saturated carbocycles. The molecule has 0 spiro atoms. The van der Waals surface area contributed by atoms with Crippen LogP contribution in [0, 0.1) is 17.8 Å². The molecule has 0 fully saturated rings. The van der Waals surface area contributed by atoms with Crippen molar-refractivity contribution in [1.82, 2.24) is 0 Å². The minimum absolute atomic E-state index is 0.866. The first-order valence-corrected chi connectivity index (χ1v) is 6.61. The van der Waals surface area contributed by atoms with Gasteiger partial charge in [0, 0.05) is 0 Å². The number of hydrogen-bond donors (Lipinski definition) is 0. The molecule has 2 atom stereocenters. The Balaban J connectivity index is 3.74. The lowest BCUT2D eigenvalue weighted by atomic mass is 9.82. The summed E-state index contributed by atoms with van der Waals surface area (Å²) in [4.78, 5) is 0. The van der Waals surface area contributed by atoms with Crippen molar-refractivity contribution in [3.63, 3.8) is 0 Å². The maximum atomic E-state index is 2.44. The van der Waals surface area contributed by atoms with E-state index in [1.165, 1.54) is 38.5 Å². The van der Waals surface area contributed by atoms with Crippen molar-refractivity contribution in [3.05, 3.63) is 0 Å². The van der Waals surface area contributed by atoms with E-state index in [0.717, 1.165) is 17.8 Å². The van der Waals surface area contributed by atoms with Crippen LogP contribution in [0.25, 0.3) is 0 Å². The Morgan fingerprint density at radius 2 is 1.57 bits per heavy atom. The molecule has 0 bridgehead atoms. The Morgan fingerprint density at radius 1 is 0.929 bits per heavy atom. The van der Waals surface area contributed by atoms with Gasteiger partial charge in [0.1, 0.15) is 0 Å². The van der Waals surface area contributed by atoms with Crippen LogP contribution < -0.4 is 0 Å². The molecular formula is C14H30. The zero-order valence-corrected chi connectivity index (χ0v) is 11.0. The van der Waals surface area contributed by atoms with E-state index < -0.39 is 0 Å². The highest BCUT2D eigenvalue weighted by molar-refractivity contribution is 4.66. The van der Waals surface area contributed by atoms with Gasteiger partial charge in [-0.05, 0) is 24.2 Å². The zero-order valence-electron chi connectivity index (χ0n) is 11.0. The van der Waals surface area contributed by atoms with Crippen molar-refractivity contribution in [3.8, 4) is 0 Å². The molecule has 0 radical (unpaired) electrons. The molecule has 0 aliphatic carbocycles. The molecule has 0 rings (SSSR count). The third-order valence-corrected chi connectivity index (χ3v) is 3.35. The summed E-state index contributed by atoms with van der Waals surface area (Å²) >= 11 is 0. The van der Waals surface area contributed by atoms with Crippen LogP contribution in [0.1, 0.15) is 73.1 Å². The average molecular weight is 198 g/mol. The quantitative estimate of drug-likeness (QED) is 0.466. The Bertz CT molecular complexity index is 115. The van der Waals surface area contributed by atoms with E-state index in [1.807, 2.05) is 0 Å². The standard InChI is InChI=1S/C14H30/c1-6-8-9-10-14(7-2)13(5)11-12(3)4/h12-14H,6-11H2,1-5H3. The average Bonchev–Trinajstić information content (AvgIpc) is 2.11. The molecule has 14 heavy (non-hydrogen) atoms. The predicted octanol–water partition coefficient (Wildman–Crippen LogP) is 5.28. The second-order valence-electron chi connectivity index (χ2n) is 5.27. The molecule has 2 unspecified atom stereocenters. The van der Waals surface area contributed by atoms with Gasteiger partial charge in [-0.2, -0.15) is 0 Å². The zero-order chi connectivity index (χ0) is 11.0. The normalized spacial score (nSPS) is 15.9. The van der Waals surface area contributed by atoms with E-state index in [1.54, 1.807) is 0 Å². The van der Waals surface area contributed by atoms with Crippen molar-refractivity contribution >= 4 is 0 Å². The van der Waals surface area contributed by atoms with Crippen LogP contribution in [0.3, 0.4) is 0 Å². The Labute approximate surface area is 91.5 Å². The van der Waals surface area contributed by atoms with Crippen LogP contribution in [-0.2, 0) is 0 Å². The fraction of sp³-hybridized carbons (Fsp3) is 1.00. The second-order valence-corrected chi connectivity index (χ2v) is 5.27. The highest BCUT2D eigenvalue weighted by atomic mass is 14.2. The molecule has 0 amide bonds. The molecule has 0 aromatic heterocycles. The lowest BCUT2D eigenvalue weighted by Crippen LogP contribution is -2.13. The molecule has 0 aromatic rings. The third kappa shape index (κ3) is 6.45. The molecule has 0 nitrogen and oxygen atoms in total. The summed E-state index contributed by atoms with van der Waals surface area (Å²) in [5.41, 5.74) is 0. The fourth-order valence-corrected chi connectivity index (χ4v) is 2.48. The van der Waals surface area contributed by atoms with Gasteiger partial charge in [-0.3, -0.25) is 0 Å². The first kappa shape index (κ1) is 14.0. The molecule has 86 valence electrons. The topological polar surface area (TPSA) is 0 Å². The largest absolute Gasteiger partial charge is 0.0654 e. The van der Waals surface area contributed by atoms with Crippen molar-refractivity contribution < 1.29 is 0 Å². The van der Waals surface area contributed by atoms with Gasteiger partial charge >= 0.3 is 0 Å². The van der Waals surface area contributed by atoms with Crippen LogP contribution in [0.2, 0.25) is 0 Å². The van der Waals surface area contributed by atoms with Crippen molar-refractivity contribution in [2.75, 3.05) is 0 Å². The van der Waals surface area contributed by atoms with Gasteiger partial charge in [-0.1, -0.05) is 66.7 Å². The minimum Gasteiger partial charge on any atom is -0.0654 e. The predicted molar refractivity (Wildman–Crippen MR) is 66.5 cm³/mol. The third-order valence-electron chi connectivity index (χ3n) is 3.35. The molecule has 0 heterocycles. The maximum absolute atomic E-state index is 2.44. The molecule has 0 N–H and O–H groups in total. The first-order valence-electron chi connectivity index (χ1n) is 6.61. The van der Waals surface area contributed by atoms with Crippen LogP contribution in [0.15, 0.2) is 0 Å². The van der Waals surface area contributed by atoms with Gasteiger partial charge in [-0.15, -0.1) is 0 Å². The lowest BCUT2D eigenvalue weighted by molar-refractivity contribution is 0.273. The summed E-state index contributed by atoms with van der Waals surface area (Å²) in [5, 5.41) is 0. The van der Waals surface area contributed by atoms with Crippen LogP contribution in [0.5, 0.6) is 0 Å². The van der Waals surface area contributed by atoms with E-state index in [-0.39, 0.29) is 0 Å². The highest BCUT2D eigenvalue weighted by Gasteiger charge is 2.15. The Hall–Kier alpha value is 0. The van der Waals surface area contributed by atoms with Gasteiger partial charge in [0.15, 0.2) is 0 Å². The maximum Gasteiger partial charge on any atom is -0.0391 e. The first-order chi connectivity index (χ1) is 6.61. The van der Waals surface area contributed by atoms with E-state index in [0.29, 0.717) is 0 Å². The summed E-state index contributed by atoms with van der Waals surface area (Å²) < 4.78 is 0. The molecule has 0 aliphatic heterocycles. The van der Waals surface area contributed by atoms with Crippen molar-refractivity contribution in [2.45, 2.75) is 73.1 Å². The molecule has 0 aliphatic rings. The van der Waals surface area contributed by atoms with Crippen molar-refractivity contribution in [1.29, 1.82) is 0 Å². The SMILES string of the molecule is CCCCCC(CC)C(C)CC(C)C. The van der Waals surface area contributed by atoms with E-state index in [9.17, 15) is 0 Å². The monoisotopic (exact) mass is 198 g/mol. The van der Waals surface area contributed by atoms with Gasteiger partial charge < -0.3 is 0 Å². The second kappa shape index (κ2) is 8.32. The Kier molecular flexibility index (Phi) is 8.32. The van der Waals surface area contributed by atoms with Crippen LogP contribution in [0.4, 0.5) is 0 Å². The molecular weight excluding hydrogens is 168 g/mol. The van der Waals surface area contributed by atoms with Crippen molar-refractivity contribution in [2.24, 2.45) is 17.8 Å². The summed E-state index contributed by atoms with van der Waals surface area (Å²) in [7, 11) is 0. The lowest BCUT2D eigenvalue weighted by Gasteiger charge is -2.24. The number of rotatable bonds is 8. The van der Waals surface area contributed by atoms with Crippen LogP contribution >= 0.6 is 0 Å². The number of unbranched alkanes of at least 4 members (excludes halogenated alkanes) is 2. The van der Waals surface area contributed by atoms with Crippen LogP contribution in [-0.4, -0.2) is 0 Å². The van der Waals surface area contributed by atoms with Gasteiger partial charge in [0.05, 0.1) is 0 Å². The van der Waals surface area contributed by atoms with E-state index in [4.69, 9.17) is 0 Å². The van der Waals surface area contributed by atoms with Gasteiger partial charge in [-0.25, -0.2) is 0 Å². The number of hydrogen-bond acceptors (Lipinski definition) is 0. The molecule has 0 aromatic carbocycles. The fourth-order valence-electron chi connectivity index (χ4n) is 2.48. The highest BCUT2D eigenvalue weighted by Crippen LogP contribution is 2.27. The summed E-state index contributed by atoms with van der Waals surface area (Å²) in [6, 6.07) is 0. The van der Waals surface area contributed by atoms with Gasteiger partial charge in [0.2, 0.25) is 0 Å². The van der Waals surface area contributed by atoms with Gasteiger partial charge in [0.25, 0.3) is 0 Å². The summed E-state index contributed by atoms with van der Waals surface area (Å²) in [6.45, 7) is 11.8. The summed E-state index contributed by atoms with van der Waals surface area (Å²) in [5.74, 6) is 2.77. The Morgan fingerprint density at radius 3 is 2.00 bits per heavy atom. The molecule has 0 heteroatoms.